The van der Waals surface area contributed by atoms with E-state index >= 15 is 0 Å². The third-order valence-corrected chi connectivity index (χ3v) is 5.50. The second kappa shape index (κ2) is 8.08. The molecule has 0 spiro atoms. The maximum atomic E-state index is 13.5. The highest BCUT2D eigenvalue weighted by Crippen LogP contribution is 2.34. The Morgan fingerprint density at radius 1 is 0.844 bits per heavy atom. The van der Waals surface area contributed by atoms with Crippen molar-refractivity contribution in [3.8, 4) is 0 Å². The molecule has 1 heterocycles. The molecule has 2 amide bonds. The lowest BCUT2D eigenvalue weighted by Gasteiger charge is -2.19. The molecule has 1 N–H and O–H groups in total. The number of imide groups is 1. The summed E-state index contributed by atoms with van der Waals surface area (Å²) >= 11 is 0. The molecule has 1 aliphatic rings. The Balaban J connectivity index is 1.78. The summed E-state index contributed by atoms with van der Waals surface area (Å²) in [4.78, 5) is 28.0. The maximum Gasteiger partial charge on any atom is 0.282 e. The normalized spacial score (nSPS) is 14.3. The largest absolute Gasteiger partial charge is 0.350 e. The number of nitrogens with one attached hydrogen (secondary N) is 1. The number of hydrogen-bond acceptors (Lipinski definition) is 3. The Morgan fingerprint density at radius 3 is 2.09 bits per heavy atom. The molecule has 4 nitrogen and oxygen atoms in total. The van der Waals surface area contributed by atoms with Gasteiger partial charge in [-0.25, -0.2) is 9.29 Å². The van der Waals surface area contributed by atoms with Crippen molar-refractivity contribution in [3.63, 3.8) is 0 Å². The van der Waals surface area contributed by atoms with E-state index in [0.717, 1.165) is 16.0 Å². The average Bonchev–Trinajstić information content (AvgIpc) is 2.98. The number of nitrogens with zero attached hydrogens (tertiary/aromatic N) is 1. The fourth-order valence-electron chi connectivity index (χ4n) is 3.73. The first kappa shape index (κ1) is 21.5. The van der Waals surface area contributed by atoms with E-state index in [-0.39, 0.29) is 16.7 Å². The zero-order chi connectivity index (χ0) is 23.0. The molecule has 0 radical (unpaired) electrons. The lowest BCUT2D eigenvalue weighted by molar-refractivity contribution is -0.120. The highest BCUT2D eigenvalue weighted by atomic mass is 19.1. The number of carbonyl (C=O) groups is 2. The van der Waals surface area contributed by atoms with Gasteiger partial charge in [-0.1, -0.05) is 57.2 Å². The van der Waals surface area contributed by atoms with Crippen molar-refractivity contribution in [1.82, 2.24) is 0 Å². The lowest BCUT2D eigenvalue weighted by atomic mass is 9.87. The molecule has 0 atom stereocenters. The Kier molecular flexibility index (Phi) is 5.43. The summed E-state index contributed by atoms with van der Waals surface area (Å²) in [7, 11) is 0. The number of aryl methyl sites for hydroxylation is 1. The number of benzene rings is 3. The number of halogens is 1. The van der Waals surface area contributed by atoms with Crippen LogP contribution in [0.1, 0.15) is 37.5 Å². The van der Waals surface area contributed by atoms with Crippen molar-refractivity contribution in [3.05, 3.63) is 101 Å². The van der Waals surface area contributed by atoms with Crippen LogP contribution in [0.15, 0.2) is 78.5 Å². The van der Waals surface area contributed by atoms with Crippen LogP contribution in [0.5, 0.6) is 0 Å². The summed E-state index contributed by atoms with van der Waals surface area (Å²) in [5.74, 6) is -1.30. The third kappa shape index (κ3) is 4.06. The molecule has 0 unspecified atom stereocenters. The van der Waals surface area contributed by atoms with E-state index in [1.165, 1.54) is 24.3 Å². The summed E-state index contributed by atoms with van der Waals surface area (Å²) in [6.07, 6.45) is 0. The molecular weight excluding hydrogens is 403 g/mol. The first-order valence-corrected chi connectivity index (χ1v) is 10.5. The predicted molar refractivity (Wildman–Crippen MR) is 126 cm³/mol. The third-order valence-electron chi connectivity index (χ3n) is 5.50. The fraction of sp³-hybridized carbons (Fsp3) is 0.185. The Bertz CT molecular complexity index is 1220. The van der Waals surface area contributed by atoms with Crippen LogP contribution in [0.25, 0.3) is 5.57 Å². The van der Waals surface area contributed by atoms with Gasteiger partial charge in [0.15, 0.2) is 0 Å². The molecule has 0 aliphatic carbocycles. The summed E-state index contributed by atoms with van der Waals surface area (Å²) in [5, 5.41) is 3.15. The molecule has 0 saturated heterocycles. The molecule has 3 aromatic rings. The van der Waals surface area contributed by atoms with Gasteiger partial charge in [-0.3, -0.25) is 9.59 Å². The molecule has 0 aromatic heterocycles. The molecule has 1 aliphatic heterocycles. The molecule has 0 bridgehead atoms. The smallest absolute Gasteiger partial charge is 0.282 e. The number of carbonyl (C=O) groups excluding carboxylic acids is 2. The van der Waals surface area contributed by atoms with Crippen LogP contribution >= 0.6 is 0 Å². The standard InChI is InChI=1S/C27H25FN2O2/c1-17-6-5-7-22(16-17)30-25(31)23(18-8-12-20(28)13-9-18)24(26(30)32)29-21-14-10-19(11-15-21)27(2,3)4/h5-16,29H,1-4H3. The van der Waals surface area contributed by atoms with Gasteiger partial charge in [0, 0.05) is 5.69 Å². The zero-order valence-electron chi connectivity index (χ0n) is 18.6. The number of anilines is 2. The Morgan fingerprint density at radius 2 is 1.50 bits per heavy atom. The molecular formula is C27H25FN2O2. The molecule has 162 valence electrons. The van der Waals surface area contributed by atoms with Gasteiger partial charge in [0.2, 0.25) is 0 Å². The van der Waals surface area contributed by atoms with Crippen molar-refractivity contribution in [2.24, 2.45) is 0 Å². The van der Waals surface area contributed by atoms with Crippen LogP contribution in [-0.2, 0) is 15.0 Å². The first-order valence-electron chi connectivity index (χ1n) is 10.5. The van der Waals surface area contributed by atoms with E-state index in [2.05, 4.69) is 26.1 Å². The van der Waals surface area contributed by atoms with Crippen LogP contribution < -0.4 is 10.2 Å². The number of hydrogen-bond donors (Lipinski definition) is 1. The van der Waals surface area contributed by atoms with Crippen molar-refractivity contribution in [1.29, 1.82) is 0 Å². The Hall–Kier alpha value is -3.73. The second-order valence-corrected chi connectivity index (χ2v) is 8.99. The van der Waals surface area contributed by atoms with Crippen LogP contribution in [-0.4, -0.2) is 11.8 Å². The SMILES string of the molecule is Cc1cccc(N2C(=O)C(Nc3ccc(C(C)(C)C)cc3)=C(c3ccc(F)cc3)C2=O)c1. The second-order valence-electron chi connectivity index (χ2n) is 8.99. The van der Waals surface area contributed by atoms with Gasteiger partial charge in [-0.05, 0) is 65.4 Å². The van der Waals surface area contributed by atoms with Crippen molar-refractivity contribution in [2.45, 2.75) is 33.1 Å². The fourth-order valence-corrected chi connectivity index (χ4v) is 3.73. The van der Waals surface area contributed by atoms with Crippen molar-refractivity contribution < 1.29 is 14.0 Å². The quantitative estimate of drug-likeness (QED) is 0.532. The molecule has 0 fully saturated rings. The van der Waals surface area contributed by atoms with E-state index in [1.54, 1.807) is 18.2 Å². The monoisotopic (exact) mass is 428 g/mol. The van der Waals surface area contributed by atoms with Gasteiger partial charge in [0.05, 0.1) is 11.3 Å². The first-order chi connectivity index (χ1) is 15.1. The van der Waals surface area contributed by atoms with Crippen LogP contribution in [0, 0.1) is 12.7 Å². The van der Waals surface area contributed by atoms with Crippen LogP contribution in [0.4, 0.5) is 15.8 Å². The van der Waals surface area contributed by atoms with Gasteiger partial charge in [-0.15, -0.1) is 0 Å². The van der Waals surface area contributed by atoms with Crippen LogP contribution in [0.3, 0.4) is 0 Å². The molecule has 0 saturated carbocycles. The van der Waals surface area contributed by atoms with Gasteiger partial charge in [-0.2, -0.15) is 0 Å². The van der Waals surface area contributed by atoms with Crippen molar-refractivity contribution in [2.75, 3.05) is 10.2 Å². The molecule has 5 heteroatoms. The Labute approximate surface area is 187 Å². The molecule has 3 aromatic carbocycles. The van der Waals surface area contributed by atoms with Crippen LogP contribution in [0.2, 0.25) is 0 Å². The minimum absolute atomic E-state index is 0.00180. The summed E-state index contributed by atoms with van der Waals surface area (Å²) in [6, 6.07) is 20.6. The summed E-state index contributed by atoms with van der Waals surface area (Å²) < 4.78 is 13.5. The average molecular weight is 429 g/mol. The topological polar surface area (TPSA) is 49.4 Å². The molecule has 32 heavy (non-hydrogen) atoms. The van der Waals surface area contributed by atoms with E-state index in [9.17, 15) is 14.0 Å². The summed E-state index contributed by atoms with van der Waals surface area (Å²) in [5.41, 5.74) is 4.16. The highest BCUT2D eigenvalue weighted by Gasteiger charge is 2.40. The van der Waals surface area contributed by atoms with E-state index < -0.39 is 17.6 Å². The number of rotatable bonds is 4. The minimum atomic E-state index is -0.445. The van der Waals surface area contributed by atoms with Crippen molar-refractivity contribution >= 4 is 28.8 Å². The minimum Gasteiger partial charge on any atom is -0.350 e. The number of amides is 2. The van der Waals surface area contributed by atoms with Gasteiger partial charge in [0.1, 0.15) is 11.5 Å². The predicted octanol–water partition coefficient (Wildman–Crippen LogP) is 5.83. The molecule has 4 rings (SSSR count). The lowest BCUT2D eigenvalue weighted by Crippen LogP contribution is -2.32. The van der Waals surface area contributed by atoms with E-state index in [1.807, 2.05) is 37.3 Å². The van der Waals surface area contributed by atoms with E-state index in [4.69, 9.17) is 0 Å². The van der Waals surface area contributed by atoms with Gasteiger partial charge < -0.3 is 5.32 Å². The van der Waals surface area contributed by atoms with Gasteiger partial charge >= 0.3 is 0 Å². The highest BCUT2D eigenvalue weighted by molar-refractivity contribution is 6.46. The maximum absolute atomic E-state index is 13.5. The van der Waals surface area contributed by atoms with Gasteiger partial charge in [0.25, 0.3) is 11.8 Å². The zero-order valence-corrected chi connectivity index (χ0v) is 18.6. The van der Waals surface area contributed by atoms with E-state index in [0.29, 0.717) is 16.9 Å². The summed E-state index contributed by atoms with van der Waals surface area (Å²) in [6.45, 7) is 8.29.